The van der Waals surface area contributed by atoms with E-state index in [9.17, 15) is 9.18 Å². The van der Waals surface area contributed by atoms with Crippen molar-refractivity contribution in [2.24, 2.45) is 5.92 Å². The van der Waals surface area contributed by atoms with Gasteiger partial charge in [0.2, 0.25) is 5.91 Å². The highest BCUT2D eigenvalue weighted by atomic mass is 35.5. The highest BCUT2D eigenvalue weighted by molar-refractivity contribution is 6.31. The van der Waals surface area contributed by atoms with E-state index in [1.807, 2.05) is 24.3 Å². The molecule has 0 radical (unpaired) electrons. The summed E-state index contributed by atoms with van der Waals surface area (Å²) < 4.78 is 15.7. The van der Waals surface area contributed by atoms with Crippen LogP contribution in [0.4, 0.5) is 10.1 Å². The van der Waals surface area contributed by atoms with Gasteiger partial charge in [0.15, 0.2) is 5.82 Å². The van der Waals surface area contributed by atoms with Gasteiger partial charge in [-0.25, -0.2) is 9.07 Å². The molecule has 1 saturated carbocycles. The number of benzene rings is 2. The number of nitrogens with one attached hydrogen (secondary N) is 1. The topological polar surface area (TPSA) is 46.9 Å². The van der Waals surface area contributed by atoms with Gasteiger partial charge >= 0.3 is 0 Å². The molecule has 3 aromatic rings. The van der Waals surface area contributed by atoms with E-state index in [4.69, 9.17) is 11.6 Å². The summed E-state index contributed by atoms with van der Waals surface area (Å²) in [6.07, 6.45) is 4.00. The van der Waals surface area contributed by atoms with Crippen molar-refractivity contribution in [3.05, 3.63) is 77.3 Å². The summed E-state index contributed by atoms with van der Waals surface area (Å²) in [5, 5.41) is 7.47. The van der Waals surface area contributed by atoms with Crippen LogP contribution in [0.1, 0.15) is 17.9 Å². The van der Waals surface area contributed by atoms with E-state index < -0.39 is 5.82 Å². The van der Waals surface area contributed by atoms with Crippen molar-refractivity contribution in [1.82, 2.24) is 9.78 Å². The summed E-state index contributed by atoms with van der Waals surface area (Å²) in [5.41, 5.74) is 1.76. The standard InChI is InChI=1S/C19H15ClFN3O/c20-16-5-2-1-4-13(16)14-11-15(14)19(25)23-12-6-7-18(17(21)10-12)24-9-3-8-22-24/h1-10,14-15H,11H2,(H,23,25). The molecule has 1 heterocycles. The number of anilines is 1. The van der Waals surface area contributed by atoms with Crippen molar-refractivity contribution in [2.75, 3.05) is 5.32 Å². The average molecular weight is 356 g/mol. The van der Waals surface area contributed by atoms with Gasteiger partial charge in [0, 0.05) is 29.0 Å². The molecule has 1 aliphatic carbocycles. The number of amides is 1. The fourth-order valence-electron chi connectivity index (χ4n) is 3.02. The fraction of sp³-hybridized carbons (Fsp3) is 0.158. The van der Waals surface area contributed by atoms with E-state index in [1.54, 1.807) is 30.6 Å². The molecule has 1 aromatic heterocycles. The summed E-state index contributed by atoms with van der Waals surface area (Å²) in [5.74, 6) is -0.563. The van der Waals surface area contributed by atoms with Crippen LogP contribution < -0.4 is 5.32 Å². The number of hydrogen-bond donors (Lipinski definition) is 1. The van der Waals surface area contributed by atoms with Crippen LogP contribution in [0.3, 0.4) is 0 Å². The Morgan fingerprint density at radius 1 is 1.24 bits per heavy atom. The zero-order chi connectivity index (χ0) is 17.4. The lowest BCUT2D eigenvalue weighted by molar-refractivity contribution is -0.117. The van der Waals surface area contributed by atoms with Crippen LogP contribution in [0.5, 0.6) is 0 Å². The SMILES string of the molecule is O=C(Nc1ccc(-n2cccn2)c(F)c1)C1CC1c1ccccc1Cl. The van der Waals surface area contributed by atoms with Gasteiger partial charge in [-0.05, 0) is 48.2 Å². The Hall–Kier alpha value is -2.66. The molecule has 25 heavy (non-hydrogen) atoms. The minimum atomic E-state index is -0.444. The summed E-state index contributed by atoms with van der Waals surface area (Å²) >= 11 is 6.19. The second-order valence-corrected chi connectivity index (χ2v) is 6.48. The lowest BCUT2D eigenvalue weighted by atomic mass is 10.1. The van der Waals surface area contributed by atoms with E-state index in [1.165, 1.54) is 10.7 Å². The number of aromatic nitrogens is 2. The number of carbonyl (C=O) groups is 1. The van der Waals surface area contributed by atoms with Crippen molar-refractivity contribution < 1.29 is 9.18 Å². The maximum Gasteiger partial charge on any atom is 0.228 e. The second kappa shape index (κ2) is 6.33. The van der Waals surface area contributed by atoms with Gasteiger partial charge in [0.05, 0.1) is 0 Å². The van der Waals surface area contributed by atoms with Gasteiger partial charge in [0.25, 0.3) is 0 Å². The molecule has 1 N–H and O–H groups in total. The Labute approximate surface area is 149 Å². The second-order valence-electron chi connectivity index (χ2n) is 6.08. The van der Waals surface area contributed by atoms with Crippen LogP contribution in [0.2, 0.25) is 5.02 Å². The molecule has 0 bridgehead atoms. The lowest BCUT2D eigenvalue weighted by Crippen LogP contribution is -2.15. The van der Waals surface area contributed by atoms with Crippen LogP contribution in [-0.2, 0) is 4.79 Å². The molecule has 126 valence electrons. The molecule has 2 aromatic carbocycles. The molecule has 4 rings (SSSR count). The molecule has 0 spiro atoms. The highest BCUT2D eigenvalue weighted by Crippen LogP contribution is 2.50. The highest BCUT2D eigenvalue weighted by Gasteiger charge is 2.44. The van der Waals surface area contributed by atoms with Gasteiger partial charge < -0.3 is 5.32 Å². The smallest absolute Gasteiger partial charge is 0.228 e. The molecule has 1 fully saturated rings. The Morgan fingerprint density at radius 3 is 2.80 bits per heavy atom. The van der Waals surface area contributed by atoms with Crippen molar-refractivity contribution in [3.8, 4) is 5.69 Å². The molecule has 0 saturated heterocycles. The Kier molecular flexibility index (Phi) is 4.01. The minimum absolute atomic E-state index is 0.115. The van der Waals surface area contributed by atoms with Gasteiger partial charge in [-0.2, -0.15) is 5.10 Å². The van der Waals surface area contributed by atoms with Gasteiger partial charge in [-0.15, -0.1) is 0 Å². The Bertz CT molecular complexity index is 926. The molecular formula is C19H15ClFN3O. The average Bonchev–Trinajstić information content (AvgIpc) is 3.21. The van der Waals surface area contributed by atoms with Crippen molar-refractivity contribution in [3.63, 3.8) is 0 Å². The predicted octanol–water partition coefficient (Wildman–Crippen LogP) is 4.41. The van der Waals surface area contributed by atoms with Crippen LogP contribution in [0.25, 0.3) is 5.69 Å². The largest absolute Gasteiger partial charge is 0.326 e. The lowest BCUT2D eigenvalue weighted by Gasteiger charge is -2.08. The maximum absolute atomic E-state index is 14.2. The first kappa shape index (κ1) is 15.8. The molecule has 0 aliphatic heterocycles. The molecule has 1 amide bonds. The third kappa shape index (κ3) is 3.15. The van der Waals surface area contributed by atoms with Crippen molar-refractivity contribution in [2.45, 2.75) is 12.3 Å². The van der Waals surface area contributed by atoms with Crippen molar-refractivity contribution in [1.29, 1.82) is 0 Å². The Balaban J connectivity index is 1.46. The molecule has 4 nitrogen and oxygen atoms in total. The first-order valence-corrected chi connectivity index (χ1v) is 8.36. The number of nitrogens with zero attached hydrogens (tertiary/aromatic N) is 2. The molecule has 2 atom stereocenters. The summed E-state index contributed by atoms with van der Waals surface area (Å²) in [7, 11) is 0. The number of carbonyl (C=O) groups excluding carboxylic acids is 1. The van der Waals surface area contributed by atoms with Crippen LogP contribution in [-0.4, -0.2) is 15.7 Å². The number of halogens is 2. The summed E-state index contributed by atoms with van der Waals surface area (Å²) in [4.78, 5) is 12.4. The minimum Gasteiger partial charge on any atom is -0.326 e. The summed E-state index contributed by atoms with van der Waals surface area (Å²) in [6.45, 7) is 0. The third-order valence-electron chi connectivity index (χ3n) is 4.40. The fourth-order valence-corrected chi connectivity index (χ4v) is 3.30. The molecule has 2 unspecified atom stereocenters. The predicted molar refractivity (Wildman–Crippen MR) is 94.5 cm³/mol. The van der Waals surface area contributed by atoms with Crippen LogP contribution in [0.15, 0.2) is 60.9 Å². The molecular weight excluding hydrogens is 341 g/mol. The number of hydrogen-bond acceptors (Lipinski definition) is 2. The van der Waals surface area contributed by atoms with Crippen molar-refractivity contribution >= 4 is 23.2 Å². The van der Waals surface area contributed by atoms with Gasteiger partial charge in [-0.1, -0.05) is 29.8 Å². The maximum atomic E-state index is 14.2. The van der Waals surface area contributed by atoms with E-state index >= 15 is 0 Å². The first-order valence-electron chi connectivity index (χ1n) is 7.98. The van der Waals surface area contributed by atoms with Gasteiger partial charge in [0.1, 0.15) is 5.69 Å². The zero-order valence-corrected chi connectivity index (χ0v) is 13.9. The zero-order valence-electron chi connectivity index (χ0n) is 13.2. The van der Waals surface area contributed by atoms with Crippen LogP contribution >= 0.6 is 11.6 Å². The van der Waals surface area contributed by atoms with E-state index in [-0.39, 0.29) is 17.7 Å². The number of rotatable bonds is 4. The third-order valence-corrected chi connectivity index (χ3v) is 4.74. The Morgan fingerprint density at radius 2 is 2.08 bits per heavy atom. The normalized spacial score (nSPS) is 18.8. The van der Waals surface area contributed by atoms with Gasteiger partial charge in [-0.3, -0.25) is 4.79 Å². The molecule has 1 aliphatic rings. The van der Waals surface area contributed by atoms with E-state index in [0.717, 1.165) is 12.0 Å². The van der Waals surface area contributed by atoms with Crippen LogP contribution in [0, 0.1) is 11.7 Å². The molecule has 6 heteroatoms. The summed E-state index contributed by atoms with van der Waals surface area (Å²) in [6, 6.07) is 13.8. The quantitative estimate of drug-likeness (QED) is 0.753. The van der Waals surface area contributed by atoms with E-state index in [2.05, 4.69) is 10.4 Å². The van der Waals surface area contributed by atoms with E-state index in [0.29, 0.717) is 16.4 Å². The monoisotopic (exact) mass is 355 g/mol. The first-order chi connectivity index (χ1) is 12.1.